The van der Waals surface area contributed by atoms with Crippen LogP contribution in [0.2, 0.25) is 5.02 Å². The molecule has 0 saturated heterocycles. The molecule has 0 saturated carbocycles. The fourth-order valence-electron chi connectivity index (χ4n) is 3.84. The third kappa shape index (κ3) is 4.38. The van der Waals surface area contributed by atoms with Crippen LogP contribution in [0.5, 0.6) is 11.5 Å². The standard InChI is InChI=1S/C25H23ClN2O5S/c1-5-33-24(30)21-14(2)27-25-28(22(21)16-8-11-18(31-3)19(13-16)32-4)23(29)20(34-25)12-15-6-9-17(26)10-7-15/h6-13,22H,5H2,1-4H3/b20-12+/t22-/m0/s1. The molecule has 2 heterocycles. The maximum Gasteiger partial charge on any atom is 0.338 e. The van der Waals surface area contributed by atoms with Gasteiger partial charge in [0.25, 0.3) is 5.56 Å². The number of benzene rings is 2. The Morgan fingerprint density at radius 3 is 2.50 bits per heavy atom. The first-order chi connectivity index (χ1) is 16.4. The molecular formula is C25H23ClN2O5S. The van der Waals surface area contributed by atoms with Crippen molar-refractivity contribution in [3.8, 4) is 11.5 Å². The van der Waals surface area contributed by atoms with Gasteiger partial charge in [0, 0.05) is 5.02 Å². The Balaban J connectivity index is 1.96. The SMILES string of the molecule is CCOC(=O)C1=C(C)N=c2s/c(=C/c3ccc(Cl)cc3)c(=O)n2[C@H]1c1ccc(OC)c(OC)c1. The average molecular weight is 499 g/mol. The molecular weight excluding hydrogens is 476 g/mol. The second-order valence-electron chi connectivity index (χ2n) is 7.47. The monoisotopic (exact) mass is 498 g/mol. The van der Waals surface area contributed by atoms with Crippen molar-refractivity contribution in [3.05, 3.63) is 89.6 Å². The van der Waals surface area contributed by atoms with Crippen LogP contribution < -0.4 is 24.4 Å². The fraction of sp³-hybridized carbons (Fsp3) is 0.240. The molecule has 7 nitrogen and oxygen atoms in total. The van der Waals surface area contributed by atoms with Gasteiger partial charge in [0.2, 0.25) is 0 Å². The number of rotatable bonds is 6. The van der Waals surface area contributed by atoms with Crippen molar-refractivity contribution in [3.63, 3.8) is 0 Å². The highest BCUT2D eigenvalue weighted by molar-refractivity contribution is 7.07. The summed E-state index contributed by atoms with van der Waals surface area (Å²) < 4.78 is 18.2. The molecule has 1 aliphatic heterocycles. The van der Waals surface area contributed by atoms with Gasteiger partial charge in [-0.25, -0.2) is 9.79 Å². The first kappa shape index (κ1) is 23.8. The third-order valence-electron chi connectivity index (χ3n) is 5.41. The summed E-state index contributed by atoms with van der Waals surface area (Å²) in [5, 5.41) is 0.613. The van der Waals surface area contributed by atoms with Crippen LogP contribution in [0, 0.1) is 0 Å². The van der Waals surface area contributed by atoms with Crippen molar-refractivity contribution in [2.24, 2.45) is 4.99 Å². The second kappa shape index (κ2) is 9.87. The fourth-order valence-corrected chi connectivity index (χ4v) is 5.01. The number of carbonyl (C=O) groups excluding carboxylic acids is 1. The molecule has 0 bridgehead atoms. The van der Waals surface area contributed by atoms with Crippen LogP contribution in [-0.2, 0) is 9.53 Å². The predicted molar refractivity (Wildman–Crippen MR) is 131 cm³/mol. The van der Waals surface area contributed by atoms with Gasteiger partial charge in [-0.05, 0) is 55.3 Å². The van der Waals surface area contributed by atoms with Crippen molar-refractivity contribution >= 4 is 35.0 Å². The van der Waals surface area contributed by atoms with Crippen LogP contribution in [0.3, 0.4) is 0 Å². The summed E-state index contributed by atoms with van der Waals surface area (Å²) in [5.41, 5.74) is 2.05. The number of esters is 1. The molecule has 0 unspecified atom stereocenters. The van der Waals surface area contributed by atoms with Gasteiger partial charge in [0.1, 0.15) is 0 Å². The van der Waals surface area contributed by atoms with E-state index in [9.17, 15) is 9.59 Å². The molecule has 0 amide bonds. The Bertz CT molecular complexity index is 1450. The highest BCUT2D eigenvalue weighted by atomic mass is 35.5. The van der Waals surface area contributed by atoms with Crippen LogP contribution in [0.15, 0.2) is 63.5 Å². The number of ether oxygens (including phenoxy) is 3. The third-order valence-corrected chi connectivity index (χ3v) is 6.64. The van der Waals surface area contributed by atoms with Crippen molar-refractivity contribution in [1.82, 2.24) is 4.57 Å². The van der Waals surface area contributed by atoms with Gasteiger partial charge in [-0.3, -0.25) is 9.36 Å². The van der Waals surface area contributed by atoms with E-state index < -0.39 is 12.0 Å². The Morgan fingerprint density at radius 1 is 1.15 bits per heavy atom. The Kier molecular flexibility index (Phi) is 6.90. The van der Waals surface area contributed by atoms with Crippen LogP contribution in [0.1, 0.15) is 31.0 Å². The van der Waals surface area contributed by atoms with Crippen molar-refractivity contribution in [1.29, 1.82) is 0 Å². The van der Waals surface area contributed by atoms with Crippen molar-refractivity contribution in [2.75, 3.05) is 20.8 Å². The lowest BCUT2D eigenvalue weighted by Crippen LogP contribution is -2.39. The molecule has 0 fully saturated rings. The first-order valence-corrected chi connectivity index (χ1v) is 11.7. The van der Waals surface area contributed by atoms with Gasteiger partial charge < -0.3 is 14.2 Å². The molecule has 2 aromatic carbocycles. The number of allylic oxidation sites excluding steroid dienone is 1. The van der Waals surface area contributed by atoms with E-state index in [0.717, 1.165) is 5.56 Å². The molecule has 0 N–H and O–H groups in total. The maximum absolute atomic E-state index is 13.6. The minimum absolute atomic E-state index is 0.204. The second-order valence-corrected chi connectivity index (χ2v) is 8.91. The predicted octanol–water partition coefficient (Wildman–Crippen LogP) is 3.47. The first-order valence-electron chi connectivity index (χ1n) is 10.5. The lowest BCUT2D eigenvalue weighted by atomic mass is 9.95. The van der Waals surface area contributed by atoms with Gasteiger partial charge in [0.15, 0.2) is 16.3 Å². The number of aromatic nitrogens is 1. The van der Waals surface area contributed by atoms with Gasteiger partial charge in [0.05, 0.1) is 42.7 Å². The molecule has 0 aliphatic carbocycles. The number of thiazole rings is 1. The topological polar surface area (TPSA) is 79.1 Å². The summed E-state index contributed by atoms with van der Waals surface area (Å²) in [4.78, 5) is 31.7. The molecule has 4 rings (SSSR count). The molecule has 1 aliphatic rings. The summed E-state index contributed by atoms with van der Waals surface area (Å²) in [6, 6.07) is 11.8. The highest BCUT2D eigenvalue weighted by Crippen LogP contribution is 2.36. The molecule has 1 aromatic heterocycles. The summed E-state index contributed by atoms with van der Waals surface area (Å²) in [7, 11) is 3.08. The zero-order valence-electron chi connectivity index (χ0n) is 19.1. The van der Waals surface area contributed by atoms with Crippen LogP contribution in [0.4, 0.5) is 0 Å². The quantitative estimate of drug-likeness (QED) is 0.486. The van der Waals surface area contributed by atoms with E-state index in [1.807, 2.05) is 12.1 Å². The molecule has 34 heavy (non-hydrogen) atoms. The van der Waals surface area contributed by atoms with Gasteiger partial charge in [-0.2, -0.15) is 0 Å². The van der Waals surface area contributed by atoms with Crippen molar-refractivity contribution in [2.45, 2.75) is 19.9 Å². The summed E-state index contributed by atoms with van der Waals surface area (Å²) >= 11 is 7.25. The van der Waals surface area contributed by atoms with Gasteiger partial charge in [-0.15, -0.1) is 0 Å². The largest absolute Gasteiger partial charge is 0.493 e. The highest BCUT2D eigenvalue weighted by Gasteiger charge is 2.33. The number of hydrogen-bond donors (Lipinski definition) is 0. The summed E-state index contributed by atoms with van der Waals surface area (Å²) in [6.45, 7) is 3.69. The average Bonchev–Trinajstić information content (AvgIpc) is 3.13. The smallest absolute Gasteiger partial charge is 0.338 e. The maximum atomic E-state index is 13.6. The molecule has 0 radical (unpaired) electrons. The molecule has 176 valence electrons. The van der Waals surface area contributed by atoms with E-state index in [1.54, 1.807) is 57.4 Å². The summed E-state index contributed by atoms with van der Waals surface area (Å²) in [5.74, 6) is 0.511. The molecule has 3 aromatic rings. The molecule has 0 spiro atoms. The Labute approximate surface area is 205 Å². The molecule has 1 atom stereocenters. The number of methoxy groups -OCH3 is 2. The van der Waals surface area contributed by atoms with Crippen LogP contribution in [0.25, 0.3) is 6.08 Å². The molecule has 9 heteroatoms. The summed E-state index contributed by atoms with van der Waals surface area (Å²) in [6.07, 6.45) is 1.79. The number of nitrogens with zero attached hydrogens (tertiary/aromatic N) is 2. The minimum atomic E-state index is -0.734. The van der Waals surface area contributed by atoms with E-state index in [1.165, 1.54) is 23.0 Å². The van der Waals surface area contributed by atoms with E-state index in [4.69, 9.17) is 25.8 Å². The number of fused-ring (bicyclic) bond motifs is 1. The van der Waals surface area contributed by atoms with E-state index in [-0.39, 0.29) is 12.2 Å². The van der Waals surface area contributed by atoms with E-state index in [2.05, 4.69) is 4.99 Å². The van der Waals surface area contributed by atoms with Gasteiger partial charge >= 0.3 is 5.97 Å². The normalized spacial score (nSPS) is 15.6. The van der Waals surface area contributed by atoms with E-state index >= 15 is 0 Å². The van der Waals surface area contributed by atoms with E-state index in [0.29, 0.717) is 42.7 Å². The Hall–Kier alpha value is -3.36. The lowest BCUT2D eigenvalue weighted by molar-refractivity contribution is -0.139. The number of hydrogen-bond acceptors (Lipinski definition) is 7. The minimum Gasteiger partial charge on any atom is -0.493 e. The van der Waals surface area contributed by atoms with Gasteiger partial charge in [-0.1, -0.05) is 41.1 Å². The number of carbonyl (C=O) groups is 1. The van der Waals surface area contributed by atoms with Crippen molar-refractivity contribution < 1.29 is 19.0 Å². The Morgan fingerprint density at radius 2 is 1.85 bits per heavy atom. The lowest BCUT2D eigenvalue weighted by Gasteiger charge is -2.25. The zero-order chi connectivity index (χ0) is 24.4. The number of halogens is 1. The van der Waals surface area contributed by atoms with Crippen LogP contribution in [-0.4, -0.2) is 31.4 Å². The zero-order valence-corrected chi connectivity index (χ0v) is 20.7. The van der Waals surface area contributed by atoms with Crippen LogP contribution >= 0.6 is 22.9 Å².